The Kier molecular flexibility index (Phi) is 6.32. The maximum atomic E-state index is 5.76. The monoisotopic (exact) mass is 229 g/mol. The van der Waals surface area contributed by atoms with E-state index >= 15 is 0 Å². The van der Waals surface area contributed by atoms with E-state index in [2.05, 4.69) is 26.1 Å². The molecular weight excluding hydrogens is 202 g/mol. The molecule has 3 heteroatoms. The summed E-state index contributed by atoms with van der Waals surface area (Å²) >= 11 is 0. The van der Waals surface area contributed by atoms with Crippen molar-refractivity contribution in [3.8, 4) is 0 Å². The highest BCUT2D eigenvalue weighted by atomic mass is 16.5. The third-order valence-corrected chi connectivity index (χ3v) is 3.43. The molecule has 16 heavy (non-hydrogen) atoms. The van der Waals surface area contributed by atoms with Crippen LogP contribution >= 0.6 is 0 Å². The molecule has 1 saturated heterocycles. The Labute approximate surface area is 99.9 Å². The first-order valence-corrected chi connectivity index (χ1v) is 6.55. The van der Waals surface area contributed by atoms with Gasteiger partial charge in [0, 0.05) is 25.8 Å². The molecule has 0 aliphatic carbocycles. The van der Waals surface area contributed by atoms with Gasteiger partial charge in [-0.15, -0.1) is 0 Å². The third-order valence-electron chi connectivity index (χ3n) is 3.43. The van der Waals surface area contributed by atoms with Gasteiger partial charge >= 0.3 is 0 Å². The fraction of sp³-hybridized carbons (Fsp3) is 1.00. The zero-order valence-electron chi connectivity index (χ0n) is 11.2. The first kappa shape index (κ1) is 13.9. The molecule has 3 nitrogen and oxygen atoms in total. The topological polar surface area (TPSA) is 30.5 Å². The van der Waals surface area contributed by atoms with Gasteiger partial charge in [-0.2, -0.15) is 0 Å². The van der Waals surface area contributed by atoms with E-state index in [4.69, 9.17) is 9.47 Å². The molecular formula is C13H27NO2. The van der Waals surface area contributed by atoms with Gasteiger partial charge in [-0.05, 0) is 25.2 Å². The fourth-order valence-corrected chi connectivity index (χ4v) is 2.30. The van der Waals surface area contributed by atoms with Crippen molar-refractivity contribution in [2.75, 3.05) is 20.3 Å². The molecule has 96 valence electrons. The largest absolute Gasteiger partial charge is 0.383 e. The number of hydrogen-bond acceptors (Lipinski definition) is 3. The molecule has 0 aromatic rings. The maximum absolute atomic E-state index is 5.76. The van der Waals surface area contributed by atoms with Crippen molar-refractivity contribution in [1.82, 2.24) is 5.32 Å². The maximum Gasteiger partial charge on any atom is 0.0728 e. The lowest BCUT2D eigenvalue weighted by Crippen LogP contribution is -2.49. The van der Waals surface area contributed by atoms with Crippen LogP contribution in [0.5, 0.6) is 0 Å². The van der Waals surface area contributed by atoms with Gasteiger partial charge in [0.25, 0.3) is 0 Å². The quantitative estimate of drug-likeness (QED) is 0.726. The minimum atomic E-state index is 0.406. The van der Waals surface area contributed by atoms with Crippen LogP contribution < -0.4 is 5.32 Å². The summed E-state index contributed by atoms with van der Waals surface area (Å²) in [7, 11) is 1.77. The molecule has 0 aromatic carbocycles. The molecule has 0 aromatic heterocycles. The van der Waals surface area contributed by atoms with E-state index in [0.29, 0.717) is 24.1 Å². The standard InChI is InChI=1S/C13H27NO2/c1-5-11(13-7-6-8-16-13)14-12(9-15-4)10(2)3/h10-14H,5-9H2,1-4H3. The molecule has 1 fully saturated rings. The Balaban J connectivity index is 2.45. The van der Waals surface area contributed by atoms with Crippen LogP contribution in [-0.4, -0.2) is 38.5 Å². The van der Waals surface area contributed by atoms with Gasteiger partial charge in [0.15, 0.2) is 0 Å². The fourth-order valence-electron chi connectivity index (χ4n) is 2.30. The van der Waals surface area contributed by atoms with Crippen LogP contribution in [0.1, 0.15) is 40.0 Å². The first-order chi connectivity index (χ1) is 7.69. The predicted molar refractivity (Wildman–Crippen MR) is 66.7 cm³/mol. The van der Waals surface area contributed by atoms with Crippen molar-refractivity contribution < 1.29 is 9.47 Å². The molecule has 3 atom stereocenters. The number of hydrogen-bond donors (Lipinski definition) is 1. The van der Waals surface area contributed by atoms with Gasteiger partial charge in [-0.25, -0.2) is 0 Å². The molecule has 1 heterocycles. The summed E-state index contributed by atoms with van der Waals surface area (Å²) in [6, 6.07) is 0.907. The Bertz CT molecular complexity index is 179. The van der Waals surface area contributed by atoms with Gasteiger partial charge in [0.05, 0.1) is 12.7 Å². The van der Waals surface area contributed by atoms with E-state index in [1.54, 1.807) is 7.11 Å². The van der Waals surface area contributed by atoms with E-state index in [1.165, 1.54) is 12.8 Å². The van der Waals surface area contributed by atoms with Crippen LogP contribution in [0.3, 0.4) is 0 Å². The Morgan fingerprint density at radius 1 is 1.44 bits per heavy atom. The van der Waals surface area contributed by atoms with Gasteiger partial charge in [0.2, 0.25) is 0 Å². The number of ether oxygens (including phenoxy) is 2. The van der Waals surface area contributed by atoms with Crippen molar-refractivity contribution in [3.63, 3.8) is 0 Å². The summed E-state index contributed by atoms with van der Waals surface area (Å²) in [5.41, 5.74) is 0. The van der Waals surface area contributed by atoms with Crippen LogP contribution in [-0.2, 0) is 9.47 Å². The van der Waals surface area contributed by atoms with Gasteiger partial charge < -0.3 is 14.8 Å². The zero-order valence-corrected chi connectivity index (χ0v) is 11.2. The molecule has 1 rings (SSSR count). The van der Waals surface area contributed by atoms with Crippen LogP contribution in [0.4, 0.5) is 0 Å². The van der Waals surface area contributed by atoms with Crippen LogP contribution in [0, 0.1) is 5.92 Å². The van der Waals surface area contributed by atoms with Gasteiger partial charge in [-0.1, -0.05) is 20.8 Å². The summed E-state index contributed by atoms with van der Waals surface area (Å²) in [6.45, 7) is 8.40. The second-order valence-electron chi connectivity index (χ2n) is 5.04. The highest BCUT2D eigenvalue weighted by Gasteiger charge is 2.27. The van der Waals surface area contributed by atoms with E-state index in [-0.39, 0.29) is 0 Å². The second kappa shape index (κ2) is 7.25. The Hall–Kier alpha value is -0.120. The average Bonchev–Trinajstić information content (AvgIpc) is 2.77. The molecule has 0 amide bonds. The summed E-state index contributed by atoms with van der Waals surface area (Å²) < 4.78 is 11.0. The van der Waals surface area contributed by atoms with E-state index in [9.17, 15) is 0 Å². The Morgan fingerprint density at radius 2 is 2.19 bits per heavy atom. The minimum absolute atomic E-state index is 0.406. The van der Waals surface area contributed by atoms with Crippen molar-refractivity contribution in [1.29, 1.82) is 0 Å². The minimum Gasteiger partial charge on any atom is -0.383 e. The van der Waals surface area contributed by atoms with E-state index < -0.39 is 0 Å². The lowest BCUT2D eigenvalue weighted by Gasteiger charge is -2.30. The zero-order chi connectivity index (χ0) is 12.0. The summed E-state index contributed by atoms with van der Waals surface area (Å²) in [5, 5.41) is 3.70. The predicted octanol–water partition coefficient (Wildman–Crippen LogP) is 2.20. The molecule has 0 saturated carbocycles. The molecule has 0 bridgehead atoms. The average molecular weight is 229 g/mol. The van der Waals surface area contributed by atoms with Crippen molar-refractivity contribution in [2.45, 2.75) is 58.2 Å². The molecule has 1 aliphatic rings. The second-order valence-corrected chi connectivity index (χ2v) is 5.04. The lowest BCUT2D eigenvalue weighted by molar-refractivity contribution is 0.0596. The van der Waals surface area contributed by atoms with Crippen molar-refractivity contribution in [2.24, 2.45) is 5.92 Å². The summed E-state index contributed by atoms with van der Waals surface area (Å²) in [5.74, 6) is 0.593. The molecule has 1 aliphatic heterocycles. The van der Waals surface area contributed by atoms with Gasteiger partial charge in [0.1, 0.15) is 0 Å². The normalized spacial score (nSPS) is 24.9. The number of methoxy groups -OCH3 is 1. The molecule has 0 spiro atoms. The van der Waals surface area contributed by atoms with Gasteiger partial charge in [-0.3, -0.25) is 0 Å². The van der Waals surface area contributed by atoms with Crippen molar-refractivity contribution in [3.05, 3.63) is 0 Å². The van der Waals surface area contributed by atoms with Crippen LogP contribution in [0.25, 0.3) is 0 Å². The molecule has 1 N–H and O–H groups in total. The van der Waals surface area contributed by atoms with E-state index in [0.717, 1.165) is 19.6 Å². The Morgan fingerprint density at radius 3 is 2.62 bits per heavy atom. The summed E-state index contributed by atoms with van der Waals surface area (Å²) in [4.78, 5) is 0. The summed E-state index contributed by atoms with van der Waals surface area (Å²) in [6.07, 6.45) is 3.93. The number of nitrogens with one attached hydrogen (secondary N) is 1. The number of rotatable bonds is 7. The smallest absolute Gasteiger partial charge is 0.0728 e. The molecule has 3 unspecified atom stereocenters. The highest BCUT2D eigenvalue weighted by Crippen LogP contribution is 2.19. The van der Waals surface area contributed by atoms with E-state index in [1.807, 2.05) is 0 Å². The SMILES string of the molecule is CCC(NC(COC)C(C)C)C1CCCO1. The lowest BCUT2D eigenvalue weighted by atomic mass is 10.00. The van der Waals surface area contributed by atoms with Crippen molar-refractivity contribution >= 4 is 0 Å². The molecule has 0 radical (unpaired) electrons. The first-order valence-electron chi connectivity index (χ1n) is 6.55. The van der Waals surface area contributed by atoms with Crippen LogP contribution in [0.2, 0.25) is 0 Å². The van der Waals surface area contributed by atoms with Crippen LogP contribution in [0.15, 0.2) is 0 Å². The highest BCUT2D eigenvalue weighted by molar-refractivity contribution is 4.83. The third kappa shape index (κ3) is 4.04.